The van der Waals surface area contributed by atoms with Crippen LogP contribution in [0.1, 0.15) is 57.4 Å². The van der Waals surface area contributed by atoms with Crippen LogP contribution in [0.15, 0.2) is 46.8 Å². The number of methoxy groups -OCH3 is 2. The van der Waals surface area contributed by atoms with Gasteiger partial charge in [-0.05, 0) is 51.0 Å². The minimum atomic E-state index is -0.918. The van der Waals surface area contributed by atoms with E-state index in [1.165, 1.54) is 7.11 Å². The highest BCUT2D eigenvalue weighted by Gasteiger charge is 2.48. The van der Waals surface area contributed by atoms with Gasteiger partial charge in [0.25, 0.3) is 0 Å². The summed E-state index contributed by atoms with van der Waals surface area (Å²) < 4.78 is 16.4. The molecule has 0 radical (unpaired) electrons. The molecule has 1 aromatic carbocycles. The van der Waals surface area contributed by atoms with Crippen molar-refractivity contribution in [2.75, 3.05) is 14.2 Å². The zero-order chi connectivity index (χ0) is 23.7. The SMILES string of the molecule is COC(=O)[C@@H]1C(=O)C2=C(C[C@H]1C)NC(C)=C(C(=O)OC1CCCC1)[C@@H]2c1ccccc1OC. The molecule has 0 spiro atoms. The number of allylic oxidation sites excluding steroid dienone is 3. The maximum atomic E-state index is 13.8. The Hall–Kier alpha value is -3.09. The van der Waals surface area contributed by atoms with Crippen molar-refractivity contribution in [2.24, 2.45) is 11.8 Å². The smallest absolute Gasteiger partial charge is 0.337 e. The Labute approximate surface area is 194 Å². The summed E-state index contributed by atoms with van der Waals surface area (Å²) in [7, 11) is 2.85. The van der Waals surface area contributed by atoms with Crippen molar-refractivity contribution in [1.29, 1.82) is 0 Å². The number of carbonyl (C=O) groups is 3. The second kappa shape index (κ2) is 9.41. The van der Waals surface area contributed by atoms with E-state index in [1.807, 2.05) is 32.0 Å². The predicted octanol–water partition coefficient (Wildman–Crippen LogP) is 3.79. The molecule has 3 atom stereocenters. The van der Waals surface area contributed by atoms with E-state index in [4.69, 9.17) is 14.2 Å². The fourth-order valence-electron chi connectivity index (χ4n) is 5.39. The lowest BCUT2D eigenvalue weighted by Gasteiger charge is -2.38. The Morgan fingerprint density at radius 3 is 2.45 bits per heavy atom. The molecule has 1 aliphatic heterocycles. The van der Waals surface area contributed by atoms with E-state index < -0.39 is 23.8 Å². The van der Waals surface area contributed by atoms with E-state index in [1.54, 1.807) is 13.2 Å². The molecule has 7 heteroatoms. The largest absolute Gasteiger partial charge is 0.496 e. The van der Waals surface area contributed by atoms with Gasteiger partial charge >= 0.3 is 11.9 Å². The third-order valence-corrected chi connectivity index (χ3v) is 6.99. The molecule has 2 aliphatic carbocycles. The van der Waals surface area contributed by atoms with Crippen molar-refractivity contribution in [3.63, 3.8) is 0 Å². The first-order valence-electron chi connectivity index (χ1n) is 11.5. The van der Waals surface area contributed by atoms with E-state index >= 15 is 0 Å². The highest BCUT2D eigenvalue weighted by Crippen LogP contribution is 2.47. The number of rotatable bonds is 5. The quantitative estimate of drug-likeness (QED) is 0.536. The molecule has 1 heterocycles. The van der Waals surface area contributed by atoms with Crippen LogP contribution in [0, 0.1) is 11.8 Å². The maximum absolute atomic E-state index is 13.8. The minimum absolute atomic E-state index is 0.114. The average molecular weight is 454 g/mol. The van der Waals surface area contributed by atoms with Crippen molar-refractivity contribution < 1.29 is 28.6 Å². The molecule has 0 unspecified atom stereocenters. The second-order valence-electron chi connectivity index (χ2n) is 9.09. The summed E-state index contributed by atoms with van der Waals surface area (Å²) in [4.78, 5) is 39.8. The zero-order valence-corrected chi connectivity index (χ0v) is 19.6. The van der Waals surface area contributed by atoms with Crippen LogP contribution in [0.5, 0.6) is 5.75 Å². The first kappa shape index (κ1) is 23.1. The predicted molar refractivity (Wildman–Crippen MR) is 121 cm³/mol. The van der Waals surface area contributed by atoms with E-state index in [0.717, 1.165) is 31.4 Å². The normalized spacial score (nSPS) is 25.5. The Bertz CT molecular complexity index is 1030. The summed E-state index contributed by atoms with van der Waals surface area (Å²) in [6.45, 7) is 3.70. The number of benzene rings is 1. The van der Waals surface area contributed by atoms with Crippen LogP contribution in [-0.4, -0.2) is 38.0 Å². The Balaban J connectivity index is 1.84. The van der Waals surface area contributed by atoms with Crippen LogP contribution in [0.3, 0.4) is 0 Å². The Morgan fingerprint density at radius 1 is 1.09 bits per heavy atom. The van der Waals surface area contributed by atoms with Crippen LogP contribution in [0.2, 0.25) is 0 Å². The van der Waals surface area contributed by atoms with Crippen LogP contribution in [0.25, 0.3) is 0 Å². The number of carbonyl (C=O) groups excluding carboxylic acids is 3. The number of dihydropyridines is 1. The number of ether oxygens (including phenoxy) is 3. The Kier molecular flexibility index (Phi) is 6.58. The lowest BCUT2D eigenvalue weighted by Crippen LogP contribution is -2.43. The molecule has 1 saturated carbocycles. The maximum Gasteiger partial charge on any atom is 0.337 e. The first-order valence-corrected chi connectivity index (χ1v) is 11.5. The van der Waals surface area contributed by atoms with Gasteiger partial charge in [-0.3, -0.25) is 9.59 Å². The third-order valence-electron chi connectivity index (χ3n) is 6.99. The van der Waals surface area contributed by atoms with E-state index in [0.29, 0.717) is 34.6 Å². The van der Waals surface area contributed by atoms with Crippen LogP contribution in [0.4, 0.5) is 0 Å². The fraction of sp³-hybridized carbons (Fsp3) is 0.500. The van der Waals surface area contributed by atoms with Crippen molar-refractivity contribution in [2.45, 2.75) is 58.0 Å². The van der Waals surface area contributed by atoms with Crippen molar-refractivity contribution in [1.82, 2.24) is 5.32 Å². The molecule has 0 saturated heterocycles. The van der Waals surface area contributed by atoms with Gasteiger partial charge in [0.1, 0.15) is 17.8 Å². The topological polar surface area (TPSA) is 90.9 Å². The summed E-state index contributed by atoms with van der Waals surface area (Å²) in [5, 5.41) is 3.29. The summed E-state index contributed by atoms with van der Waals surface area (Å²) in [5.41, 5.74) is 2.88. The number of nitrogens with one attached hydrogen (secondary N) is 1. The van der Waals surface area contributed by atoms with Gasteiger partial charge in [-0.15, -0.1) is 0 Å². The molecule has 1 fully saturated rings. The standard InChI is InChI=1S/C26H31NO6/c1-14-13-18-23(24(28)20(14)25(29)32-4)22(17-11-7-8-12-19(17)31-3)21(15(2)27-18)26(30)33-16-9-5-6-10-16/h7-8,11-12,14,16,20,22,27H,5-6,9-10,13H2,1-4H3/t14-,20+,22+/m1/s1. The molecule has 33 heavy (non-hydrogen) atoms. The fourth-order valence-corrected chi connectivity index (χ4v) is 5.39. The van der Waals surface area contributed by atoms with Gasteiger partial charge in [0.05, 0.1) is 25.7 Å². The molecule has 7 nitrogen and oxygen atoms in total. The molecule has 1 aromatic rings. The van der Waals surface area contributed by atoms with E-state index in [9.17, 15) is 14.4 Å². The molecule has 4 rings (SSSR count). The lowest BCUT2D eigenvalue weighted by molar-refractivity contribution is -0.151. The number of hydrogen-bond acceptors (Lipinski definition) is 7. The third kappa shape index (κ3) is 4.16. The minimum Gasteiger partial charge on any atom is -0.496 e. The first-order chi connectivity index (χ1) is 15.9. The van der Waals surface area contributed by atoms with Gasteiger partial charge in [0, 0.05) is 22.5 Å². The van der Waals surface area contributed by atoms with E-state index in [-0.39, 0.29) is 17.8 Å². The van der Waals surface area contributed by atoms with E-state index in [2.05, 4.69) is 5.32 Å². The van der Waals surface area contributed by atoms with Gasteiger partial charge in [-0.25, -0.2) is 4.79 Å². The number of esters is 2. The number of ketones is 1. The highest BCUT2D eigenvalue weighted by molar-refractivity contribution is 6.12. The monoisotopic (exact) mass is 453 g/mol. The van der Waals surface area contributed by atoms with Crippen molar-refractivity contribution >= 4 is 17.7 Å². The van der Waals surface area contributed by atoms with Crippen molar-refractivity contribution in [3.05, 3.63) is 52.4 Å². The highest BCUT2D eigenvalue weighted by atomic mass is 16.5. The lowest BCUT2D eigenvalue weighted by atomic mass is 9.69. The van der Waals surface area contributed by atoms with Crippen LogP contribution >= 0.6 is 0 Å². The summed E-state index contributed by atoms with van der Waals surface area (Å²) in [6.07, 6.45) is 4.15. The molecule has 0 aromatic heterocycles. The van der Waals surface area contributed by atoms with Crippen LogP contribution < -0.4 is 10.1 Å². The molecule has 0 amide bonds. The molecular weight excluding hydrogens is 422 g/mol. The van der Waals surface area contributed by atoms with Gasteiger partial charge in [0.2, 0.25) is 0 Å². The summed E-state index contributed by atoms with van der Waals surface area (Å²) in [5.74, 6) is -2.59. The Morgan fingerprint density at radius 2 is 1.79 bits per heavy atom. The van der Waals surface area contributed by atoms with Crippen molar-refractivity contribution in [3.8, 4) is 5.75 Å². The summed E-state index contributed by atoms with van der Waals surface area (Å²) in [6, 6.07) is 7.35. The zero-order valence-electron chi connectivity index (χ0n) is 19.6. The molecule has 1 N–H and O–H groups in total. The van der Waals surface area contributed by atoms with Gasteiger partial charge in [0.15, 0.2) is 5.78 Å². The molecule has 0 bridgehead atoms. The molecule has 3 aliphatic rings. The second-order valence-corrected chi connectivity index (χ2v) is 9.09. The van der Waals surface area contributed by atoms with Gasteiger partial charge < -0.3 is 19.5 Å². The van der Waals surface area contributed by atoms with Crippen LogP contribution in [-0.2, 0) is 23.9 Å². The summed E-state index contributed by atoms with van der Waals surface area (Å²) >= 11 is 0. The molecule has 176 valence electrons. The number of hydrogen-bond donors (Lipinski definition) is 1. The average Bonchev–Trinajstić information content (AvgIpc) is 3.30. The molecular formula is C26H31NO6. The number of Topliss-reactive ketones (excluding diaryl/α,β-unsaturated/α-hetero) is 1. The number of para-hydroxylation sites is 1. The van der Waals surface area contributed by atoms with Gasteiger partial charge in [-0.2, -0.15) is 0 Å². The van der Waals surface area contributed by atoms with Gasteiger partial charge in [-0.1, -0.05) is 25.1 Å².